The van der Waals surface area contributed by atoms with Gasteiger partial charge in [0.15, 0.2) is 3.95 Å². The SMILES string of the molecule is Cc1ccc2c(c1)c(=O)[nH]c1c(C(=O)NCc3cccs3)sc(=S)n12. The maximum absolute atomic E-state index is 12.6. The molecule has 0 aliphatic rings. The number of benzene rings is 1. The Kier molecular flexibility index (Phi) is 4.03. The summed E-state index contributed by atoms with van der Waals surface area (Å²) < 4.78 is 2.29. The summed E-state index contributed by atoms with van der Waals surface area (Å²) in [6.45, 7) is 2.38. The highest BCUT2D eigenvalue weighted by Crippen LogP contribution is 2.23. The third-order valence-corrected chi connectivity index (χ3v) is 6.14. The maximum Gasteiger partial charge on any atom is 0.265 e. The van der Waals surface area contributed by atoms with Gasteiger partial charge in [0, 0.05) is 4.88 Å². The fraction of sp³-hybridized carbons (Fsp3) is 0.118. The molecule has 1 aromatic carbocycles. The first-order valence-electron chi connectivity index (χ1n) is 7.53. The van der Waals surface area contributed by atoms with Crippen LogP contribution in [0.4, 0.5) is 0 Å². The normalized spacial score (nSPS) is 11.2. The van der Waals surface area contributed by atoms with Gasteiger partial charge in [-0.1, -0.05) is 29.0 Å². The number of hydrogen-bond donors (Lipinski definition) is 2. The van der Waals surface area contributed by atoms with E-state index in [4.69, 9.17) is 12.2 Å². The van der Waals surface area contributed by atoms with Gasteiger partial charge < -0.3 is 10.3 Å². The van der Waals surface area contributed by atoms with Crippen molar-refractivity contribution in [1.29, 1.82) is 0 Å². The molecule has 0 aliphatic carbocycles. The van der Waals surface area contributed by atoms with Crippen LogP contribution in [0.5, 0.6) is 0 Å². The molecule has 0 saturated heterocycles. The number of hydrogen-bond acceptors (Lipinski definition) is 5. The van der Waals surface area contributed by atoms with E-state index in [2.05, 4.69) is 10.3 Å². The average molecular weight is 388 g/mol. The Bertz CT molecular complexity index is 1220. The third kappa shape index (κ3) is 2.82. The molecule has 0 atom stereocenters. The van der Waals surface area contributed by atoms with Crippen LogP contribution in [0.15, 0.2) is 40.5 Å². The van der Waals surface area contributed by atoms with Crippen molar-refractivity contribution in [3.8, 4) is 0 Å². The third-order valence-electron chi connectivity index (χ3n) is 3.89. The molecule has 1 amide bonds. The molecule has 4 rings (SSSR count). The molecular formula is C17H13N3O2S3. The van der Waals surface area contributed by atoms with Gasteiger partial charge in [0.25, 0.3) is 11.5 Å². The van der Waals surface area contributed by atoms with E-state index >= 15 is 0 Å². The maximum atomic E-state index is 12.6. The van der Waals surface area contributed by atoms with Crippen molar-refractivity contribution in [3.05, 3.63) is 65.3 Å². The Morgan fingerprint density at radius 1 is 1.36 bits per heavy atom. The second-order valence-electron chi connectivity index (χ2n) is 5.62. The van der Waals surface area contributed by atoms with E-state index < -0.39 is 0 Å². The molecule has 8 heteroatoms. The first-order valence-corrected chi connectivity index (χ1v) is 9.64. The van der Waals surface area contributed by atoms with Gasteiger partial charge in [-0.15, -0.1) is 11.3 Å². The number of carbonyl (C=O) groups excluding carboxylic acids is 1. The van der Waals surface area contributed by atoms with Crippen LogP contribution >= 0.6 is 34.9 Å². The Hall–Kier alpha value is -2.29. The molecule has 4 aromatic rings. The lowest BCUT2D eigenvalue weighted by atomic mass is 10.1. The first kappa shape index (κ1) is 16.2. The number of nitrogens with zero attached hydrogens (tertiary/aromatic N) is 1. The monoisotopic (exact) mass is 387 g/mol. The molecule has 3 heterocycles. The van der Waals surface area contributed by atoms with Crippen molar-refractivity contribution in [3.63, 3.8) is 0 Å². The summed E-state index contributed by atoms with van der Waals surface area (Å²) >= 11 is 8.22. The number of thiophene rings is 1. The highest BCUT2D eigenvalue weighted by Gasteiger charge is 2.18. The molecule has 0 spiro atoms. The molecule has 0 bridgehead atoms. The topological polar surface area (TPSA) is 66.4 Å². The highest BCUT2D eigenvalue weighted by molar-refractivity contribution is 7.73. The van der Waals surface area contributed by atoms with Crippen LogP contribution in [0, 0.1) is 10.9 Å². The summed E-state index contributed by atoms with van der Waals surface area (Å²) in [5.41, 5.74) is 1.93. The van der Waals surface area contributed by atoms with Crippen LogP contribution in [0.3, 0.4) is 0 Å². The lowest BCUT2D eigenvalue weighted by molar-refractivity contribution is 0.0956. The molecule has 5 nitrogen and oxygen atoms in total. The molecule has 0 fully saturated rings. The summed E-state index contributed by atoms with van der Waals surface area (Å²) in [4.78, 5) is 29.3. The van der Waals surface area contributed by atoms with E-state index in [9.17, 15) is 9.59 Å². The van der Waals surface area contributed by atoms with Gasteiger partial charge in [0.2, 0.25) is 0 Å². The number of H-pyrrole nitrogens is 1. The van der Waals surface area contributed by atoms with E-state index in [0.717, 1.165) is 10.4 Å². The minimum atomic E-state index is -0.242. The summed E-state index contributed by atoms with van der Waals surface area (Å²) in [6.07, 6.45) is 0. The second-order valence-corrected chi connectivity index (χ2v) is 8.29. The number of fused-ring (bicyclic) bond motifs is 3. The van der Waals surface area contributed by atoms with Crippen molar-refractivity contribution >= 4 is 57.3 Å². The zero-order valence-electron chi connectivity index (χ0n) is 13.2. The predicted octanol–water partition coefficient (Wildman–Crippen LogP) is 3.87. The predicted molar refractivity (Wildman–Crippen MR) is 104 cm³/mol. The summed E-state index contributed by atoms with van der Waals surface area (Å²) in [7, 11) is 0. The molecule has 2 N–H and O–H groups in total. The minimum Gasteiger partial charge on any atom is -0.346 e. The number of aryl methyl sites for hydroxylation is 1. The number of thiazole rings is 1. The summed E-state index contributed by atoms with van der Waals surface area (Å²) in [5.74, 6) is -0.242. The molecule has 0 aliphatic heterocycles. The van der Waals surface area contributed by atoms with Crippen LogP contribution in [0.2, 0.25) is 0 Å². The fourth-order valence-corrected chi connectivity index (χ4v) is 4.67. The van der Waals surface area contributed by atoms with Crippen molar-refractivity contribution in [2.75, 3.05) is 0 Å². The Labute approximate surface area is 155 Å². The fourth-order valence-electron chi connectivity index (χ4n) is 2.72. The van der Waals surface area contributed by atoms with Crippen molar-refractivity contribution < 1.29 is 4.79 Å². The van der Waals surface area contributed by atoms with E-state index in [1.165, 1.54) is 11.3 Å². The smallest absolute Gasteiger partial charge is 0.265 e. The lowest BCUT2D eigenvalue weighted by Gasteiger charge is -2.05. The standard InChI is InChI=1S/C17H13N3O2S3/c1-9-4-5-12-11(7-9)15(21)19-14-13(25-17(23)20(12)14)16(22)18-8-10-3-2-6-24-10/h2-7H,8H2,1H3,(H,18,22)(H,19,21). The zero-order chi connectivity index (χ0) is 17.6. The van der Waals surface area contributed by atoms with Crippen molar-refractivity contribution in [2.24, 2.45) is 0 Å². The number of aromatic nitrogens is 2. The average Bonchev–Trinajstić information content (AvgIpc) is 3.21. The molecule has 3 aromatic heterocycles. The van der Waals surface area contributed by atoms with Gasteiger partial charge in [-0.25, -0.2) is 0 Å². The number of aromatic amines is 1. The molecular weight excluding hydrogens is 374 g/mol. The molecule has 0 saturated carbocycles. The highest BCUT2D eigenvalue weighted by atomic mass is 32.1. The quantitative estimate of drug-likeness (QED) is 0.525. The number of rotatable bonds is 3. The molecule has 25 heavy (non-hydrogen) atoms. The second kappa shape index (κ2) is 6.21. The van der Waals surface area contributed by atoms with Crippen molar-refractivity contribution in [1.82, 2.24) is 14.7 Å². The zero-order valence-corrected chi connectivity index (χ0v) is 15.6. The lowest BCUT2D eigenvalue weighted by Crippen LogP contribution is -2.22. The van der Waals surface area contributed by atoms with Crippen molar-refractivity contribution in [2.45, 2.75) is 13.5 Å². The molecule has 0 unspecified atom stereocenters. The molecule has 126 valence electrons. The van der Waals surface area contributed by atoms with Crippen LogP contribution < -0.4 is 10.9 Å². The van der Waals surface area contributed by atoms with Gasteiger partial charge in [0.05, 0.1) is 17.4 Å². The van der Waals surface area contributed by atoms with Crippen LogP contribution in [0.25, 0.3) is 16.6 Å². The van der Waals surface area contributed by atoms with Gasteiger partial charge in [-0.05, 0) is 42.7 Å². The summed E-state index contributed by atoms with van der Waals surface area (Å²) in [6, 6.07) is 9.52. The van der Waals surface area contributed by atoms with Crippen LogP contribution in [-0.2, 0) is 6.54 Å². The minimum absolute atomic E-state index is 0.223. The van der Waals surface area contributed by atoms with Gasteiger partial charge in [-0.3, -0.25) is 14.0 Å². The summed E-state index contributed by atoms with van der Waals surface area (Å²) in [5, 5.41) is 5.41. The van der Waals surface area contributed by atoms with Crippen LogP contribution in [-0.4, -0.2) is 15.3 Å². The Balaban J connectivity index is 1.84. The number of carbonyl (C=O) groups is 1. The van der Waals surface area contributed by atoms with E-state index in [1.807, 2.05) is 42.6 Å². The molecule has 0 radical (unpaired) electrons. The Morgan fingerprint density at radius 2 is 2.20 bits per heavy atom. The van der Waals surface area contributed by atoms with Gasteiger partial charge in [-0.2, -0.15) is 0 Å². The number of amides is 1. The first-order chi connectivity index (χ1) is 12.0. The van der Waals surface area contributed by atoms with Gasteiger partial charge >= 0.3 is 0 Å². The number of nitrogens with one attached hydrogen (secondary N) is 2. The largest absolute Gasteiger partial charge is 0.346 e. The van der Waals surface area contributed by atoms with Gasteiger partial charge in [0.1, 0.15) is 10.5 Å². The van der Waals surface area contributed by atoms with E-state index in [0.29, 0.717) is 31.9 Å². The van der Waals surface area contributed by atoms with E-state index in [-0.39, 0.29) is 11.5 Å². The van der Waals surface area contributed by atoms with Crippen LogP contribution in [0.1, 0.15) is 20.1 Å². The Morgan fingerprint density at radius 3 is 2.96 bits per heavy atom. The van der Waals surface area contributed by atoms with E-state index in [1.54, 1.807) is 15.7 Å².